The number of alkyl halides is 3. The molecule has 30 heavy (non-hydrogen) atoms. The average Bonchev–Trinajstić information content (AvgIpc) is 2.67. The molecule has 0 amide bonds. The Hall–Kier alpha value is -1.80. The van der Waals surface area contributed by atoms with Gasteiger partial charge in [0.05, 0.1) is 6.61 Å². The molecule has 0 N–H and O–H groups in total. The van der Waals surface area contributed by atoms with E-state index in [1.807, 2.05) is 0 Å². The number of unbranched alkanes of at least 4 members (excludes halogenated alkanes) is 5. The minimum Gasteiger partial charge on any atom is -0.493 e. The Labute approximate surface area is 182 Å². The summed E-state index contributed by atoms with van der Waals surface area (Å²) in [5, 5.41) is 0.367. The summed E-state index contributed by atoms with van der Waals surface area (Å²) in [6.45, 7) is 5.17. The summed E-state index contributed by atoms with van der Waals surface area (Å²) in [5.41, 5.74) is -1.19. The molecule has 1 heterocycles. The van der Waals surface area contributed by atoms with E-state index in [-0.39, 0.29) is 10.7 Å². The van der Waals surface area contributed by atoms with Crippen LogP contribution < -0.4 is 9.48 Å². The summed E-state index contributed by atoms with van der Waals surface area (Å²) in [7, 11) is 0. The maximum atomic E-state index is 13.3. The molecule has 0 atom stereocenters. The van der Waals surface area contributed by atoms with Gasteiger partial charge < -0.3 is 4.74 Å². The van der Waals surface area contributed by atoms with Crippen molar-refractivity contribution in [2.45, 2.75) is 51.6 Å². The van der Waals surface area contributed by atoms with Crippen LogP contribution in [0.3, 0.4) is 0 Å². The minimum atomic E-state index is -4.68. The molecule has 0 aliphatic heterocycles. The van der Waals surface area contributed by atoms with E-state index in [1.54, 1.807) is 18.2 Å². The normalized spacial score (nSPS) is 11.6. The molecule has 164 valence electrons. The van der Waals surface area contributed by atoms with Gasteiger partial charge in [-0.1, -0.05) is 61.4 Å². The second-order valence-electron chi connectivity index (χ2n) is 6.86. The predicted octanol–water partition coefficient (Wildman–Crippen LogP) is 6.75. The third-order valence-corrected chi connectivity index (χ3v) is 6.53. The number of fused-ring (bicyclic) bond motifs is 1. The fourth-order valence-electron chi connectivity index (χ4n) is 3.17. The Morgan fingerprint density at radius 3 is 2.50 bits per heavy atom. The zero-order valence-electron chi connectivity index (χ0n) is 16.8. The molecule has 2 aromatic rings. The van der Waals surface area contributed by atoms with E-state index in [1.165, 1.54) is 24.8 Å². The van der Waals surface area contributed by atoms with Crippen LogP contribution in [0.15, 0.2) is 35.6 Å². The number of carbonyl (C=O) groups excluding carboxylic acids is 1. The fraction of sp³-hybridized carbons (Fsp3) is 0.455. The van der Waals surface area contributed by atoms with Crippen molar-refractivity contribution < 1.29 is 22.7 Å². The lowest BCUT2D eigenvalue weighted by molar-refractivity contribution is -0.138. The summed E-state index contributed by atoms with van der Waals surface area (Å²) in [6, 6.07) is 4.98. The zero-order valence-corrected chi connectivity index (χ0v) is 18.5. The van der Waals surface area contributed by atoms with Crippen LogP contribution in [0.2, 0.25) is 0 Å². The van der Waals surface area contributed by atoms with Gasteiger partial charge in [0.25, 0.3) is 0 Å². The lowest BCUT2D eigenvalue weighted by Gasteiger charge is -2.14. The molecule has 0 radical (unpaired) electrons. The quantitative estimate of drug-likeness (QED) is 0.276. The van der Waals surface area contributed by atoms with Gasteiger partial charge >= 0.3 is 6.18 Å². The molecule has 0 aliphatic rings. The molecule has 0 spiro atoms. The lowest BCUT2D eigenvalue weighted by atomic mass is 10.1. The van der Waals surface area contributed by atoms with Gasteiger partial charge in [-0.15, -0.1) is 0 Å². The van der Waals surface area contributed by atoms with Gasteiger partial charge in [-0.3, -0.25) is 9.59 Å². The van der Waals surface area contributed by atoms with Crippen molar-refractivity contribution in [1.82, 2.24) is 0 Å². The Kier molecular flexibility index (Phi) is 9.42. The largest absolute Gasteiger partial charge is 0.493 e. The van der Waals surface area contributed by atoms with E-state index in [9.17, 15) is 22.8 Å². The Morgan fingerprint density at radius 1 is 1.17 bits per heavy atom. The predicted molar refractivity (Wildman–Crippen MR) is 119 cm³/mol. The maximum absolute atomic E-state index is 13.3. The number of carbonyl (C=O) groups is 1. The van der Waals surface area contributed by atoms with Gasteiger partial charge in [-0.05, 0) is 43.5 Å². The van der Waals surface area contributed by atoms with Crippen molar-refractivity contribution >= 4 is 38.3 Å². The van der Waals surface area contributed by atoms with E-state index in [0.29, 0.717) is 33.8 Å². The molecule has 0 bridgehead atoms. The Bertz CT molecular complexity index is 936. The minimum absolute atomic E-state index is 0.00505. The van der Waals surface area contributed by atoms with Crippen molar-refractivity contribution in [1.29, 1.82) is 0 Å². The van der Waals surface area contributed by atoms with Crippen LogP contribution in [0.1, 0.15) is 49.7 Å². The number of benzene rings is 1. The first-order valence-electron chi connectivity index (χ1n) is 9.81. The highest BCUT2D eigenvalue weighted by atomic mass is 32.2. The van der Waals surface area contributed by atoms with Gasteiger partial charge in [-0.2, -0.15) is 13.2 Å². The van der Waals surface area contributed by atoms with Crippen molar-refractivity contribution in [3.05, 3.63) is 51.5 Å². The highest BCUT2D eigenvalue weighted by Crippen LogP contribution is 2.37. The molecule has 0 saturated carbocycles. The van der Waals surface area contributed by atoms with Crippen LogP contribution in [0, 0.1) is 6.92 Å². The molecule has 1 aromatic heterocycles. The average molecular weight is 459 g/mol. The van der Waals surface area contributed by atoms with Gasteiger partial charge in [0.2, 0.25) is 9.86 Å². The number of aryl methyl sites for hydroxylation is 1. The molecular formula is C22H25F3O3S2. The van der Waals surface area contributed by atoms with E-state index in [0.717, 1.165) is 44.3 Å². The first-order valence-corrected chi connectivity index (χ1v) is 11.6. The van der Waals surface area contributed by atoms with Crippen LogP contribution in [0.25, 0.3) is 10.1 Å². The summed E-state index contributed by atoms with van der Waals surface area (Å²) in [6.07, 6.45) is 2.55. The number of thioether (sulfide) groups is 1. The molecule has 8 heteroatoms. The lowest BCUT2D eigenvalue weighted by Crippen LogP contribution is -2.19. The third-order valence-electron chi connectivity index (χ3n) is 4.64. The standard InChI is InChI=1S/C22H25F3O3S2/c1-3-18(26)29-14-9-7-5-4-6-8-13-28-16-11-10-12-17-19(16)15(2)20(21(27)30-17)22(23,24)25/h3,10-12H,1,4-9,13-14H2,2H3. The van der Waals surface area contributed by atoms with Crippen molar-refractivity contribution in [2.75, 3.05) is 12.4 Å². The van der Waals surface area contributed by atoms with Gasteiger partial charge in [0, 0.05) is 15.8 Å². The number of ether oxygens (including phenoxy) is 1. The first kappa shape index (κ1) is 24.5. The molecule has 3 nitrogen and oxygen atoms in total. The van der Waals surface area contributed by atoms with Crippen molar-refractivity contribution in [2.24, 2.45) is 0 Å². The zero-order chi connectivity index (χ0) is 22.1. The fourth-order valence-corrected chi connectivity index (χ4v) is 4.91. The molecule has 2 rings (SSSR count). The smallest absolute Gasteiger partial charge is 0.421 e. The molecule has 0 unspecified atom stereocenters. The molecular weight excluding hydrogens is 433 g/mol. The monoisotopic (exact) mass is 458 g/mol. The van der Waals surface area contributed by atoms with E-state index in [4.69, 9.17) is 4.74 Å². The number of halogens is 3. The summed E-state index contributed by atoms with van der Waals surface area (Å²) < 4.78 is 45.1. The molecule has 1 aromatic carbocycles. The van der Waals surface area contributed by atoms with E-state index >= 15 is 0 Å². The number of hydrogen-bond donors (Lipinski definition) is 0. The number of rotatable bonds is 11. The summed E-state index contributed by atoms with van der Waals surface area (Å²) >= 11 is 1.88. The van der Waals surface area contributed by atoms with Crippen LogP contribution in [0.4, 0.5) is 13.2 Å². The molecule has 0 aliphatic carbocycles. The Balaban J connectivity index is 1.85. The first-order chi connectivity index (χ1) is 14.3. The molecule has 0 fully saturated rings. The summed E-state index contributed by atoms with van der Waals surface area (Å²) in [5.74, 6) is 1.19. The van der Waals surface area contributed by atoms with Gasteiger partial charge in [-0.25, -0.2) is 0 Å². The SMILES string of the molecule is C=CC(=O)SCCCCCCCCOc1cccc2sc(=O)c(C(F)(F)F)c(C)c12. The molecule has 0 saturated heterocycles. The van der Waals surface area contributed by atoms with Crippen molar-refractivity contribution in [3.8, 4) is 5.75 Å². The second kappa shape index (κ2) is 11.6. The topological polar surface area (TPSA) is 43.4 Å². The second-order valence-corrected chi connectivity index (χ2v) is 8.97. The van der Waals surface area contributed by atoms with Crippen LogP contribution >= 0.6 is 23.1 Å². The summed E-state index contributed by atoms with van der Waals surface area (Å²) in [4.78, 5) is 23.0. The highest BCUT2D eigenvalue weighted by molar-refractivity contribution is 8.14. The third kappa shape index (κ3) is 6.87. The van der Waals surface area contributed by atoms with E-state index < -0.39 is 16.5 Å². The highest BCUT2D eigenvalue weighted by Gasteiger charge is 2.37. The van der Waals surface area contributed by atoms with E-state index in [2.05, 4.69) is 6.58 Å². The van der Waals surface area contributed by atoms with Gasteiger partial charge in [0.1, 0.15) is 11.3 Å². The Morgan fingerprint density at radius 2 is 1.83 bits per heavy atom. The van der Waals surface area contributed by atoms with Crippen LogP contribution in [0.5, 0.6) is 5.75 Å². The van der Waals surface area contributed by atoms with Gasteiger partial charge in [0.15, 0.2) is 0 Å². The number of hydrogen-bond acceptors (Lipinski definition) is 5. The van der Waals surface area contributed by atoms with Crippen molar-refractivity contribution in [3.63, 3.8) is 0 Å². The van der Waals surface area contributed by atoms with Crippen LogP contribution in [-0.4, -0.2) is 17.5 Å². The van der Waals surface area contributed by atoms with Crippen LogP contribution in [-0.2, 0) is 11.0 Å². The maximum Gasteiger partial charge on any atom is 0.421 e.